The third kappa shape index (κ3) is 2.60. The van der Waals surface area contributed by atoms with E-state index in [-0.39, 0.29) is 12.1 Å². The molecule has 2 unspecified atom stereocenters. The van der Waals surface area contributed by atoms with Crippen molar-refractivity contribution in [2.24, 2.45) is 11.7 Å². The molecule has 1 aliphatic rings. The van der Waals surface area contributed by atoms with Crippen LogP contribution in [0.4, 0.5) is 10.5 Å². The van der Waals surface area contributed by atoms with Crippen molar-refractivity contribution in [1.82, 2.24) is 0 Å². The summed E-state index contributed by atoms with van der Waals surface area (Å²) in [6.45, 7) is 2.21. The first kappa shape index (κ1) is 12.0. The first-order valence-electron chi connectivity index (χ1n) is 6.34. The van der Waals surface area contributed by atoms with Crippen LogP contribution in [0, 0.1) is 5.92 Å². The molecule has 1 aromatic carbocycles. The lowest BCUT2D eigenvalue weighted by Crippen LogP contribution is -2.48. The van der Waals surface area contributed by atoms with Crippen molar-refractivity contribution in [1.29, 1.82) is 0 Å². The fourth-order valence-electron chi connectivity index (χ4n) is 2.75. The minimum atomic E-state index is -0.338. The summed E-state index contributed by atoms with van der Waals surface area (Å²) in [6, 6.07) is 9.65. The van der Waals surface area contributed by atoms with Gasteiger partial charge in [-0.15, -0.1) is 0 Å². The summed E-state index contributed by atoms with van der Waals surface area (Å²) in [4.78, 5) is 13.5. The summed E-state index contributed by atoms with van der Waals surface area (Å²) in [5.41, 5.74) is 6.46. The number of rotatable bonds is 2. The quantitative estimate of drug-likeness (QED) is 0.836. The third-order valence-corrected chi connectivity index (χ3v) is 3.67. The van der Waals surface area contributed by atoms with Crippen LogP contribution in [0.1, 0.15) is 32.6 Å². The molecule has 1 saturated carbocycles. The molecule has 3 heteroatoms. The Labute approximate surface area is 103 Å². The zero-order valence-electron chi connectivity index (χ0n) is 10.3. The number of hydrogen-bond acceptors (Lipinski definition) is 1. The van der Waals surface area contributed by atoms with Gasteiger partial charge in [0.1, 0.15) is 0 Å². The summed E-state index contributed by atoms with van der Waals surface area (Å²) in [6.07, 6.45) is 4.69. The minimum absolute atomic E-state index is 0.253. The van der Waals surface area contributed by atoms with Crippen molar-refractivity contribution >= 4 is 11.7 Å². The highest BCUT2D eigenvalue weighted by molar-refractivity contribution is 5.91. The third-order valence-electron chi connectivity index (χ3n) is 3.67. The summed E-state index contributed by atoms with van der Waals surface area (Å²) in [5, 5.41) is 0. The number of urea groups is 1. The van der Waals surface area contributed by atoms with Crippen molar-refractivity contribution < 1.29 is 4.79 Å². The number of hydrogen-bond donors (Lipinski definition) is 1. The van der Waals surface area contributed by atoms with Crippen LogP contribution in [-0.4, -0.2) is 12.1 Å². The number of primary amides is 1. The van der Waals surface area contributed by atoms with Gasteiger partial charge in [0.15, 0.2) is 0 Å². The van der Waals surface area contributed by atoms with E-state index in [0.29, 0.717) is 5.92 Å². The second-order valence-electron chi connectivity index (χ2n) is 4.87. The van der Waals surface area contributed by atoms with Crippen molar-refractivity contribution in [2.75, 3.05) is 4.90 Å². The van der Waals surface area contributed by atoms with Crippen LogP contribution < -0.4 is 10.6 Å². The number of amides is 2. The van der Waals surface area contributed by atoms with Crippen molar-refractivity contribution in [3.8, 4) is 0 Å². The van der Waals surface area contributed by atoms with Gasteiger partial charge in [-0.05, 0) is 30.9 Å². The number of carbonyl (C=O) groups excluding carboxylic acids is 1. The van der Waals surface area contributed by atoms with Crippen LogP contribution in [0.3, 0.4) is 0 Å². The molecule has 0 saturated heterocycles. The Bertz CT molecular complexity index is 377. The lowest BCUT2D eigenvalue weighted by molar-refractivity contribution is 0.242. The molecule has 1 fully saturated rings. The Kier molecular flexibility index (Phi) is 3.67. The van der Waals surface area contributed by atoms with Gasteiger partial charge in [0.25, 0.3) is 0 Å². The number of carbonyl (C=O) groups is 1. The lowest BCUT2D eigenvalue weighted by atomic mass is 9.84. The van der Waals surface area contributed by atoms with Gasteiger partial charge in [-0.2, -0.15) is 0 Å². The maximum atomic E-state index is 11.7. The molecule has 0 spiro atoms. The van der Waals surface area contributed by atoms with Gasteiger partial charge in [0.2, 0.25) is 0 Å². The minimum Gasteiger partial charge on any atom is -0.351 e. The molecule has 0 heterocycles. The number of nitrogens with two attached hydrogens (primary N) is 1. The number of nitrogens with zero attached hydrogens (tertiary/aromatic N) is 1. The van der Waals surface area contributed by atoms with Gasteiger partial charge in [-0.25, -0.2) is 4.79 Å². The van der Waals surface area contributed by atoms with Gasteiger partial charge >= 0.3 is 6.03 Å². The van der Waals surface area contributed by atoms with E-state index in [0.717, 1.165) is 12.1 Å². The Morgan fingerprint density at radius 3 is 2.47 bits per heavy atom. The molecule has 17 heavy (non-hydrogen) atoms. The number of benzene rings is 1. The SMILES string of the molecule is CC1CCCCC1N(C(N)=O)c1ccccc1. The largest absolute Gasteiger partial charge is 0.351 e. The first-order chi connectivity index (χ1) is 8.20. The van der Waals surface area contributed by atoms with E-state index in [9.17, 15) is 4.79 Å². The van der Waals surface area contributed by atoms with Crippen LogP contribution in [0.5, 0.6) is 0 Å². The molecule has 0 aromatic heterocycles. The average Bonchev–Trinajstić information content (AvgIpc) is 2.33. The second-order valence-corrected chi connectivity index (χ2v) is 4.87. The van der Waals surface area contributed by atoms with Gasteiger partial charge in [-0.1, -0.05) is 38.0 Å². The van der Waals surface area contributed by atoms with E-state index < -0.39 is 0 Å². The second kappa shape index (κ2) is 5.21. The van der Waals surface area contributed by atoms with Crippen LogP contribution in [0.15, 0.2) is 30.3 Å². The Morgan fingerprint density at radius 1 is 1.24 bits per heavy atom. The standard InChI is InChI=1S/C14H20N2O/c1-11-7-5-6-10-13(11)16(14(15)17)12-8-3-2-4-9-12/h2-4,8-9,11,13H,5-7,10H2,1H3,(H2,15,17). The molecule has 2 atom stereocenters. The summed E-state index contributed by atoms with van der Waals surface area (Å²) in [7, 11) is 0. The Balaban J connectivity index is 2.26. The van der Waals surface area contributed by atoms with E-state index in [1.54, 1.807) is 4.90 Å². The summed E-state index contributed by atoms with van der Waals surface area (Å²) in [5.74, 6) is 0.524. The molecule has 2 amide bonds. The fourth-order valence-corrected chi connectivity index (χ4v) is 2.75. The predicted molar refractivity (Wildman–Crippen MR) is 69.9 cm³/mol. The van der Waals surface area contributed by atoms with Crippen molar-refractivity contribution in [3.05, 3.63) is 30.3 Å². The first-order valence-corrected chi connectivity index (χ1v) is 6.34. The summed E-state index contributed by atoms with van der Waals surface area (Å²) < 4.78 is 0. The van der Waals surface area contributed by atoms with Crippen LogP contribution in [-0.2, 0) is 0 Å². The molecular formula is C14H20N2O. The van der Waals surface area contributed by atoms with E-state index in [1.165, 1.54) is 19.3 Å². The van der Waals surface area contributed by atoms with E-state index in [1.807, 2.05) is 30.3 Å². The smallest absolute Gasteiger partial charge is 0.319 e. The Hall–Kier alpha value is -1.51. The zero-order valence-corrected chi connectivity index (χ0v) is 10.3. The molecular weight excluding hydrogens is 212 g/mol. The highest BCUT2D eigenvalue weighted by Gasteiger charge is 2.30. The molecule has 1 aliphatic carbocycles. The maximum Gasteiger partial charge on any atom is 0.319 e. The lowest BCUT2D eigenvalue weighted by Gasteiger charge is -2.37. The van der Waals surface area contributed by atoms with Gasteiger partial charge in [0.05, 0.1) is 0 Å². The molecule has 0 bridgehead atoms. The van der Waals surface area contributed by atoms with E-state index in [2.05, 4.69) is 6.92 Å². The fraction of sp³-hybridized carbons (Fsp3) is 0.500. The highest BCUT2D eigenvalue weighted by atomic mass is 16.2. The van der Waals surface area contributed by atoms with Gasteiger partial charge < -0.3 is 5.73 Å². The maximum absolute atomic E-state index is 11.7. The van der Waals surface area contributed by atoms with Gasteiger partial charge in [0, 0.05) is 11.7 Å². The van der Waals surface area contributed by atoms with Crippen LogP contribution in [0.25, 0.3) is 0 Å². The highest BCUT2D eigenvalue weighted by Crippen LogP contribution is 2.31. The molecule has 3 nitrogen and oxygen atoms in total. The molecule has 2 rings (SSSR count). The molecule has 2 N–H and O–H groups in total. The number of anilines is 1. The van der Waals surface area contributed by atoms with Crippen molar-refractivity contribution in [2.45, 2.75) is 38.6 Å². The van der Waals surface area contributed by atoms with Crippen LogP contribution >= 0.6 is 0 Å². The van der Waals surface area contributed by atoms with Gasteiger partial charge in [-0.3, -0.25) is 4.90 Å². The molecule has 92 valence electrons. The topological polar surface area (TPSA) is 46.3 Å². The number of para-hydroxylation sites is 1. The predicted octanol–water partition coefficient (Wildman–Crippen LogP) is 3.15. The molecule has 1 aromatic rings. The van der Waals surface area contributed by atoms with Crippen LogP contribution in [0.2, 0.25) is 0 Å². The average molecular weight is 232 g/mol. The van der Waals surface area contributed by atoms with E-state index in [4.69, 9.17) is 5.73 Å². The zero-order chi connectivity index (χ0) is 12.3. The normalized spacial score (nSPS) is 24.3. The molecule has 0 radical (unpaired) electrons. The molecule has 0 aliphatic heterocycles. The Morgan fingerprint density at radius 2 is 1.88 bits per heavy atom. The van der Waals surface area contributed by atoms with Crippen molar-refractivity contribution in [3.63, 3.8) is 0 Å². The van der Waals surface area contributed by atoms with E-state index >= 15 is 0 Å². The summed E-state index contributed by atoms with van der Waals surface area (Å²) >= 11 is 0. The monoisotopic (exact) mass is 232 g/mol.